The van der Waals surface area contributed by atoms with Crippen LogP contribution in [-0.4, -0.2) is 42.8 Å². The molecule has 0 spiro atoms. The van der Waals surface area contributed by atoms with Crippen molar-refractivity contribution in [1.29, 1.82) is 0 Å². The maximum Gasteiger partial charge on any atom is 0.226 e. The van der Waals surface area contributed by atoms with Crippen molar-refractivity contribution in [3.05, 3.63) is 10.9 Å². The molecule has 0 radical (unpaired) electrons. The van der Waals surface area contributed by atoms with Crippen molar-refractivity contribution in [1.82, 2.24) is 9.97 Å². The molecule has 2 aromatic heterocycles. The first-order chi connectivity index (χ1) is 9.28. The van der Waals surface area contributed by atoms with E-state index in [9.17, 15) is 0 Å². The number of anilines is 2. The molecule has 0 aromatic carbocycles. The predicted molar refractivity (Wildman–Crippen MR) is 79.3 cm³/mol. The molecule has 1 aliphatic heterocycles. The largest absolute Gasteiger partial charge is 0.378 e. The number of nitrogens with zero attached hydrogens (tertiary/aromatic N) is 3. The second kappa shape index (κ2) is 5.30. The molecule has 0 atom stereocenters. The van der Waals surface area contributed by atoms with Gasteiger partial charge in [0, 0.05) is 24.5 Å². The minimum absolute atomic E-state index is 0.721. The lowest BCUT2D eigenvalue weighted by Crippen LogP contribution is -2.37. The molecule has 2 aromatic rings. The van der Waals surface area contributed by atoms with Gasteiger partial charge in [-0.3, -0.25) is 0 Å². The molecular weight excluding hydrogens is 260 g/mol. The van der Waals surface area contributed by atoms with Gasteiger partial charge in [-0.25, -0.2) is 4.98 Å². The van der Waals surface area contributed by atoms with Crippen LogP contribution < -0.4 is 10.2 Å². The highest BCUT2D eigenvalue weighted by Gasteiger charge is 2.18. The molecule has 0 saturated carbocycles. The van der Waals surface area contributed by atoms with Crippen molar-refractivity contribution in [3.8, 4) is 0 Å². The van der Waals surface area contributed by atoms with Crippen molar-refractivity contribution < 1.29 is 4.74 Å². The van der Waals surface area contributed by atoms with E-state index in [0.29, 0.717) is 0 Å². The van der Waals surface area contributed by atoms with Gasteiger partial charge in [0.05, 0.1) is 18.6 Å². The standard InChI is InChI=1S/C13H18N4OS/c1-3-14-13-15-11(17-4-6-18-7-5-17)10-8-9(2)19-12(10)16-13/h8H,3-7H2,1-2H3,(H,14,15,16). The van der Waals surface area contributed by atoms with Crippen LogP contribution in [0.25, 0.3) is 10.2 Å². The van der Waals surface area contributed by atoms with Gasteiger partial charge in [-0.15, -0.1) is 11.3 Å². The fourth-order valence-corrected chi connectivity index (χ4v) is 3.15. The zero-order valence-electron chi connectivity index (χ0n) is 11.3. The van der Waals surface area contributed by atoms with E-state index in [1.54, 1.807) is 11.3 Å². The zero-order valence-corrected chi connectivity index (χ0v) is 12.1. The van der Waals surface area contributed by atoms with Gasteiger partial charge in [0.15, 0.2) is 0 Å². The summed E-state index contributed by atoms with van der Waals surface area (Å²) in [7, 11) is 0. The van der Waals surface area contributed by atoms with Gasteiger partial charge in [-0.1, -0.05) is 0 Å². The summed E-state index contributed by atoms with van der Waals surface area (Å²) in [6, 6.07) is 2.18. The summed E-state index contributed by atoms with van der Waals surface area (Å²) in [5.41, 5.74) is 0. The first-order valence-corrected chi connectivity index (χ1v) is 7.44. The molecule has 0 unspecified atom stereocenters. The Morgan fingerprint density at radius 1 is 1.37 bits per heavy atom. The van der Waals surface area contributed by atoms with Crippen LogP contribution in [0.2, 0.25) is 0 Å². The molecule has 19 heavy (non-hydrogen) atoms. The third-order valence-electron chi connectivity index (χ3n) is 3.14. The van der Waals surface area contributed by atoms with Gasteiger partial charge in [0.1, 0.15) is 10.6 Å². The van der Waals surface area contributed by atoms with E-state index >= 15 is 0 Å². The van der Waals surface area contributed by atoms with Crippen LogP contribution in [0.5, 0.6) is 0 Å². The molecule has 3 heterocycles. The molecule has 0 amide bonds. The number of rotatable bonds is 3. The lowest BCUT2D eigenvalue weighted by atomic mass is 10.3. The van der Waals surface area contributed by atoms with Gasteiger partial charge < -0.3 is 15.0 Å². The van der Waals surface area contributed by atoms with E-state index in [1.165, 1.54) is 4.88 Å². The summed E-state index contributed by atoms with van der Waals surface area (Å²) < 4.78 is 5.42. The Morgan fingerprint density at radius 3 is 2.89 bits per heavy atom. The van der Waals surface area contributed by atoms with Crippen molar-refractivity contribution in [2.24, 2.45) is 0 Å². The molecule has 1 N–H and O–H groups in total. The highest BCUT2D eigenvalue weighted by Crippen LogP contribution is 2.32. The van der Waals surface area contributed by atoms with Gasteiger partial charge in [-0.2, -0.15) is 4.98 Å². The lowest BCUT2D eigenvalue weighted by Gasteiger charge is -2.28. The number of aromatic nitrogens is 2. The SMILES string of the molecule is CCNc1nc(N2CCOCC2)c2cc(C)sc2n1. The van der Waals surface area contributed by atoms with Crippen LogP contribution in [0, 0.1) is 6.92 Å². The average Bonchev–Trinajstić information content (AvgIpc) is 2.79. The van der Waals surface area contributed by atoms with Gasteiger partial charge in [0.2, 0.25) is 5.95 Å². The Morgan fingerprint density at radius 2 is 2.16 bits per heavy atom. The number of hydrogen-bond acceptors (Lipinski definition) is 6. The van der Waals surface area contributed by atoms with Crippen LogP contribution >= 0.6 is 11.3 Å². The molecule has 1 saturated heterocycles. The highest BCUT2D eigenvalue weighted by molar-refractivity contribution is 7.18. The van der Waals surface area contributed by atoms with E-state index in [-0.39, 0.29) is 0 Å². The van der Waals surface area contributed by atoms with E-state index in [2.05, 4.69) is 40.1 Å². The number of morpholine rings is 1. The Labute approximate surface area is 116 Å². The molecule has 0 bridgehead atoms. The van der Waals surface area contributed by atoms with Gasteiger partial charge >= 0.3 is 0 Å². The molecule has 6 heteroatoms. The van der Waals surface area contributed by atoms with Gasteiger partial charge in [-0.05, 0) is 19.9 Å². The minimum atomic E-state index is 0.721. The number of hydrogen-bond donors (Lipinski definition) is 1. The van der Waals surface area contributed by atoms with Crippen LogP contribution in [0.15, 0.2) is 6.07 Å². The zero-order chi connectivity index (χ0) is 13.2. The molecule has 102 valence electrons. The minimum Gasteiger partial charge on any atom is -0.378 e. The lowest BCUT2D eigenvalue weighted by molar-refractivity contribution is 0.122. The topological polar surface area (TPSA) is 50.3 Å². The fraction of sp³-hybridized carbons (Fsp3) is 0.538. The smallest absolute Gasteiger partial charge is 0.226 e. The summed E-state index contributed by atoms with van der Waals surface area (Å²) in [5.74, 6) is 1.76. The molecule has 5 nitrogen and oxygen atoms in total. The fourth-order valence-electron chi connectivity index (χ4n) is 2.28. The number of thiophene rings is 1. The molecule has 1 fully saturated rings. The van der Waals surface area contributed by atoms with Gasteiger partial charge in [0.25, 0.3) is 0 Å². The van der Waals surface area contributed by atoms with Crippen molar-refractivity contribution in [2.45, 2.75) is 13.8 Å². The van der Waals surface area contributed by atoms with E-state index in [1.807, 2.05) is 0 Å². The normalized spacial score (nSPS) is 16.0. The average molecular weight is 278 g/mol. The summed E-state index contributed by atoms with van der Waals surface area (Å²) in [6.45, 7) is 8.33. The Kier molecular flexibility index (Phi) is 3.52. The second-order valence-corrected chi connectivity index (χ2v) is 5.81. The van der Waals surface area contributed by atoms with E-state index < -0.39 is 0 Å². The number of ether oxygens (including phenoxy) is 1. The molecule has 1 aliphatic rings. The molecule has 0 aliphatic carbocycles. The first kappa shape index (κ1) is 12.6. The Balaban J connectivity index is 2.08. The number of fused-ring (bicyclic) bond motifs is 1. The summed E-state index contributed by atoms with van der Waals surface area (Å²) in [5, 5.41) is 4.37. The summed E-state index contributed by atoms with van der Waals surface area (Å²) in [6.07, 6.45) is 0. The summed E-state index contributed by atoms with van der Waals surface area (Å²) >= 11 is 1.72. The third-order valence-corrected chi connectivity index (χ3v) is 4.09. The Bertz CT molecular complexity index is 577. The van der Waals surface area contributed by atoms with Crippen molar-refractivity contribution in [3.63, 3.8) is 0 Å². The van der Waals surface area contributed by atoms with Crippen LogP contribution in [0.3, 0.4) is 0 Å². The van der Waals surface area contributed by atoms with Crippen LogP contribution in [0.4, 0.5) is 11.8 Å². The Hall–Kier alpha value is -1.40. The van der Waals surface area contributed by atoms with Crippen LogP contribution in [-0.2, 0) is 4.74 Å². The molecular formula is C13H18N4OS. The van der Waals surface area contributed by atoms with E-state index in [0.717, 1.165) is 54.8 Å². The molecule has 3 rings (SSSR count). The van der Waals surface area contributed by atoms with Crippen LogP contribution in [0.1, 0.15) is 11.8 Å². The maximum atomic E-state index is 5.42. The van der Waals surface area contributed by atoms with E-state index in [4.69, 9.17) is 4.74 Å². The highest BCUT2D eigenvalue weighted by atomic mass is 32.1. The quantitative estimate of drug-likeness (QED) is 0.933. The second-order valence-electron chi connectivity index (χ2n) is 4.58. The number of aryl methyl sites for hydroxylation is 1. The maximum absolute atomic E-state index is 5.42. The van der Waals surface area contributed by atoms with Crippen molar-refractivity contribution in [2.75, 3.05) is 43.1 Å². The summed E-state index contributed by atoms with van der Waals surface area (Å²) in [4.78, 5) is 13.9. The number of nitrogens with one attached hydrogen (secondary N) is 1. The predicted octanol–water partition coefficient (Wildman–Crippen LogP) is 2.27. The third kappa shape index (κ3) is 2.50. The first-order valence-electron chi connectivity index (χ1n) is 6.62. The monoisotopic (exact) mass is 278 g/mol. The van der Waals surface area contributed by atoms with Crippen molar-refractivity contribution >= 4 is 33.3 Å².